The number of nitrogens with zero attached hydrogens (tertiary/aromatic N) is 2. The van der Waals surface area contributed by atoms with E-state index in [-0.39, 0.29) is 0 Å². The predicted octanol–water partition coefficient (Wildman–Crippen LogP) is 2.88. The Morgan fingerprint density at radius 2 is 2.00 bits per heavy atom. The van der Waals surface area contributed by atoms with Crippen LogP contribution >= 0.6 is 0 Å². The molecule has 0 N–H and O–H groups in total. The third kappa shape index (κ3) is 2.12. The lowest BCUT2D eigenvalue weighted by atomic mass is 10.1. The maximum Gasteiger partial charge on any atom is 0.166 e. The van der Waals surface area contributed by atoms with Crippen LogP contribution in [-0.2, 0) is 0 Å². The second kappa shape index (κ2) is 4.25. The number of rotatable bonds is 2. The lowest BCUT2D eigenvalue weighted by Gasteiger charge is -1.96. The van der Waals surface area contributed by atoms with Gasteiger partial charge in [0.2, 0.25) is 0 Å². The zero-order chi connectivity index (χ0) is 10.5. The molecule has 0 spiro atoms. The molecule has 1 heterocycles. The van der Waals surface area contributed by atoms with Gasteiger partial charge in [0.15, 0.2) is 5.76 Å². The minimum Gasteiger partial charge on any atom is -0.356 e. The molecule has 0 saturated carbocycles. The van der Waals surface area contributed by atoms with E-state index in [1.54, 1.807) is 18.3 Å². The van der Waals surface area contributed by atoms with Crippen LogP contribution in [0.1, 0.15) is 5.56 Å². The number of hydrogen-bond acceptors (Lipinski definition) is 3. The third-order valence-corrected chi connectivity index (χ3v) is 1.98. The van der Waals surface area contributed by atoms with Crippen molar-refractivity contribution in [3.8, 4) is 17.4 Å². The number of hydrogen-bond donors (Lipinski definition) is 0. The van der Waals surface area contributed by atoms with E-state index in [2.05, 4.69) is 5.16 Å². The maximum atomic E-state index is 8.37. The van der Waals surface area contributed by atoms with E-state index in [9.17, 15) is 0 Å². The monoisotopic (exact) mass is 196 g/mol. The van der Waals surface area contributed by atoms with E-state index in [0.717, 1.165) is 16.9 Å². The summed E-state index contributed by atoms with van der Waals surface area (Å²) in [6.07, 6.45) is 4.81. The summed E-state index contributed by atoms with van der Waals surface area (Å²) in [5, 5.41) is 12.0. The normalized spacial score (nSPS) is 10.3. The van der Waals surface area contributed by atoms with Gasteiger partial charge in [-0.3, -0.25) is 0 Å². The molecule has 0 aliphatic rings. The fourth-order valence-electron chi connectivity index (χ4n) is 1.26. The Labute approximate surface area is 87.3 Å². The van der Waals surface area contributed by atoms with E-state index in [1.165, 1.54) is 6.08 Å². The van der Waals surface area contributed by atoms with Crippen LogP contribution in [0.15, 0.2) is 47.1 Å². The first-order valence-corrected chi connectivity index (χ1v) is 4.47. The molecule has 0 fully saturated rings. The highest BCUT2D eigenvalue weighted by Crippen LogP contribution is 2.19. The molecule has 72 valence electrons. The number of aromatic nitrogens is 1. The minimum absolute atomic E-state index is 0.741. The largest absolute Gasteiger partial charge is 0.356 e. The highest BCUT2D eigenvalue weighted by atomic mass is 16.5. The summed E-state index contributed by atoms with van der Waals surface area (Å²) in [5.41, 5.74) is 1.96. The lowest BCUT2D eigenvalue weighted by molar-refractivity contribution is 0.432. The van der Waals surface area contributed by atoms with Gasteiger partial charge in [-0.05, 0) is 11.6 Å². The zero-order valence-electron chi connectivity index (χ0n) is 7.92. The van der Waals surface area contributed by atoms with Crippen molar-refractivity contribution in [3.05, 3.63) is 48.2 Å². The van der Waals surface area contributed by atoms with Crippen molar-refractivity contribution >= 4 is 6.08 Å². The Kier molecular flexibility index (Phi) is 2.61. The molecule has 0 unspecified atom stereocenters. The van der Waals surface area contributed by atoms with Crippen molar-refractivity contribution in [3.63, 3.8) is 0 Å². The smallest absolute Gasteiger partial charge is 0.166 e. The summed E-state index contributed by atoms with van der Waals surface area (Å²) in [6, 6.07) is 11.5. The Morgan fingerprint density at radius 3 is 2.60 bits per heavy atom. The molecule has 0 radical (unpaired) electrons. The van der Waals surface area contributed by atoms with Gasteiger partial charge in [0.05, 0.1) is 12.3 Å². The van der Waals surface area contributed by atoms with Crippen LogP contribution in [0.3, 0.4) is 0 Å². The number of benzene rings is 1. The van der Waals surface area contributed by atoms with Crippen molar-refractivity contribution in [2.24, 2.45) is 0 Å². The van der Waals surface area contributed by atoms with Crippen LogP contribution in [0.4, 0.5) is 0 Å². The Hall–Kier alpha value is -2.34. The van der Waals surface area contributed by atoms with E-state index in [4.69, 9.17) is 9.78 Å². The zero-order valence-corrected chi connectivity index (χ0v) is 7.92. The first-order chi connectivity index (χ1) is 7.40. The first kappa shape index (κ1) is 9.22. The molecule has 3 heteroatoms. The van der Waals surface area contributed by atoms with Gasteiger partial charge in [0.1, 0.15) is 0 Å². The van der Waals surface area contributed by atoms with Crippen LogP contribution in [0.5, 0.6) is 0 Å². The highest BCUT2D eigenvalue weighted by Gasteiger charge is 1.99. The molecule has 0 saturated heterocycles. The van der Waals surface area contributed by atoms with Gasteiger partial charge in [-0.25, -0.2) is 0 Å². The minimum atomic E-state index is 0.741. The lowest BCUT2D eigenvalue weighted by Crippen LogP contribution is -1.75. The van der Waals surface area contributed by atoms with E-state index in [0.29, 0.717) is 0 Å². The Balaban J connectivity index is 2.26. The van der Waals surface area contributed by atoms with Gasteiger partial charge < -0.3 is 4.52 Å². The van der Waals surface area contributed by atoms with Crippen LogP contribution in [0, 0.1) is 11.3 Å². The maximum absolute atomic E-state index is 8.37. The van der Waals surface area contributed by atoms with Gasteiger partial charge >= 0.3 is 0 Å². The molecular formula is C12H8N2O. The third-order valence-electron chi connectivity index (χ3n) is 1.98. The van der Waals surface area contributed by atoms with Gasteiger partial charge in [-0.2, -0.15) is 5.26 Å². The van der Waals surface area contributed by atoms with Crippen LogP contribution in [0.2, 0.25) is 0 Å². The molecular weight excluding hydrogens is 188 g/mol. The van der Waals surface area contributed by atoms with Crippen molar-refractivity contribution < 1.29 is 4.52 Å². The van der Waals surface area contributed by atoms with Crippen LogP contribution in [-0.4, -0.2) is 5.16 Å². The second-order valence-corrected chi connectivity index (χ2v) is 2.96. The summed E-state index contributed by atoms with van der Waals surface area (Å²) in [5.74, 6) is 0.741. The molecule has 0 atom stereocenters. The molecule has 2 rings (SSSR count). The van der Waals surface area contributed by atoms with Crippen molar-refractivity contribution in [1.82, 2.24) is 5.16 Å². The van der Waals surface area contributed by atoms with Crippen molar-refractivity contribution in [1.29, 1.82) is 5.26 Å². The molecule has 0 aliphatic carbocycles. The molecule has 0 aliphatic heterocycles. The molecule has 0 amide bonds. The quantitative estimate of drug-likeness (QED) is 0.694. The van der Waals surface area contributed by atoms with Gasteiger partial charge in [-0.1, -0.05) is 29.4 Å². The standard InChI is InChI=1S/C12H8N2O/c13-8-1-2-10-3-5-11(6-4-10)12-7-9-14-15-12/h1-7,9H. The second-order valence-electron chi connectivity index (χ2n) is 2.96. The summed E-state index contributed by atoms with van der Waals surface area (Å²) < 4.78 is 5.02. The van der Waals surface area contributed by atoms with E-state index in [1.807, 2.05) is 30.3 Å². The number of allylic oxidation sites excluding steroid dienone is 1. The van der Waals surface area contributed by atoms with E-state index >= 15 is 0 Å². The average molecular weight is 196 g/mol. The van der Waals surface area contributed by atoms with Crippen LogP contribution in [0.25, 0.3) is 17.4 Å². The van der Waals surface area contributed by atoms with E-state index < -0.39 is 0 Å². The van der Waals surface area contributed by atoms with Gasteiger partial charge in [-0.15, -0.1) is 0 Å². The molecule has 3 nitrogen and oxygen atoms in total. The molecule has 2 aromatic rings. The summed E-state index contributed by atoms with van der Waals surface area (Å²) in [7, 11) is 0. The predicted molar refractivity (Wildman–Crippen MR) is 56.6 cm³/mol. The summed E-state index contributed by atoms with van der Waals surface area (Å²) in [6.45, 7) is 0. The fourth-order valence-corrected chi connectivity index (χ4v) is 1.26. The molecule has 1 aromatic carbocycles. The van der Waals surface area contributed by atoms with Gasteiger partial charge in [0.25, 0.3) is 0 Å². The average Bonchev–Trinajstić information content (AvgIpc) is 2.80. The Bertz CT molecular complexity index is 489. The van der Waals surface area contributed by atoms with Crippen LogP contribution < -0.4 is 0 Å². The molecule has 0 bridgehead atoms. The molecule has 15 heavy (non-hydrogen) atoms. The van der Waals surface area contributed by atoms with Gasteiger partial charge in [0, 0.05) is 17.7 Å². The molecule has 1 aromatic heterocycles. The Morgan fingerprint density at radius 1 is 1.20 bits per heavy atom. The number of nitriles is 1. The fraction of sp³-hybridized carbons (Fsp3) is 0. The van der Waals surface area contributed by atoms with Crippen molar-refractivity contribution in [2.75, 3.05) is 0 Å². The summed E-state index contributed by atoms with van der Waals surface area (Å²) >= 11 is 0. The highest BCUT2D eigenvalue weighted by molar-refractivity contribution is 5.61. The van der Waals surface area contributed by atoms with Crippen molar-refractivity contribution in [2.45, 2.75) is 0 Å². The summed E-state index contributed by atoms with van der Waals surface area (Å²) in [4.78, 5) is 0. The SMILES string of the molecule is N#CC=Cc1ccc(-c2ccno2)cc1. The first-order valence-electron chi connectivity index (χ1n) is 4.47. The topological polar surface area (TPSA) is 49.8 Å².